The molecule has 1 fully saturated rings. The van der Waals surface area contributed by atoms with E-state index in [1.165, 1.54) is 11.1 Å². The highest BCUT2D eigenvalue weighted by Gasteiger charge is 2.33. The number of sulfonamides is 1. The van der Waals surface area contributed by atoms with Gasteiger partial charge in [-0.1, -0.05) is 60.7 Å². The molecule has 3 aromatic rings. The first kappa shape index (κ1) is 22.2. The predicted molar refractivity (Wildman–Crippen MR) is 129 cm³/mol. The molecule has 0 bridgehead atoms. The molecule has 1 aliphatic rings. The molecule has 3 aromatic carbocycles. The quantitative estimate of drug-likeness (QED) is 0.487. The monoisotopic (exact) mass is 498 g/mol. The third-order valence-electron chi connectivity index (χ3n) is 6.04. The number of benzene rings is 3. The van der Waals surface area contributed by atoms with Crippen LogP contribution in [0.3, 0.4) is 0 Å². The molecule has 0 saturated carbocycles. The highest BCUT2D eigenvalue weighted by atomic mass is 79.9. The Bertz CT molecular complexity index is 1100. The van der Waals surface area contributed by atoms with Gasteiger partial charge >= 0.3 is 0 Å². The van der Waals surface area contributed by atoms with Crippen molar-refractivity contribution in [1.29, 1.82) is 0 Å². The number of hydrogen-bond donors (Lipinski definition) is 0. The number of piperazine rings is 1. The molecule has 0 radical (unpaired) electrons. The van der Waals surface area contributed by atoms with Crippen LogP contribution in [-0.4, -0.2) is 43.8 Å². The number of nitrogens with zero attached hydrogens (tertiary/aromatic N) is 2. The average Bonchev–Trinajstić information content (AvgIpc) is 2.78. The summed E-state index contributed by atoms with van der Waals surface area (Å²) in [6.45, 7) is 6.23. The molecule has 4 nitrogen and oxygen atoms in total. The summed E-state index contributed by atoms with van der Waals surface area (Å²) in [7, 11) is -3.55. The molecule has 1 aliphatic heterocycles. The van der Waals surface area contributed by atoms with Crippen LogP contribution in [0.4, 0.5) is 0 Å². The van der Waals surface area contributed by atoms with Gasteiger partial charge in [-0.2, -0.15) is 4.31 Å². The molecule has 0 aliphatic carbocycles. The molecule has 0 aromatic heterocycles. The maximum Gasteiger partial charge on any atom is 0.244 e. The molecule has 6 heteroatoms. The smallest absolute Gasteiger partial charge is 0.244 e. The first-order chi connectivity index (χ1) is 14.9. The number of aryl methyl sites for hydroxylation is 2. The number of halogens is 1. The minimum absolute atomic E-state index is 0.112. The Hall–Kier alpha value is -1.99. The van der Waals surface area contributed by atoms with E-state index in [9.17, 15) is 8.42 Å². The topological polar surface area (TPSA) is 40.6 Å². The van der Waals surface area contributed by atoms with Crippen molar-refractivity contribution in [3.63, 3.8) is 0 Å². The molecule has 0 atom stereocenters. The second kappa shape index (κ2) is 9.25. The van der Waals surface area contributed by atoms with E-state index in [0.717, 1.165) is 11.1 Å². The molecule has 0 unspecified atom stereocenters. The molecule has 162 valence electrons. The first-order valence-electron chi connectivity index (χ1n) is 10.5. The van der Waals surface area contributed by atoms with Crippen molar-refractivity contribution in [2.24, 2.45) is 0 Å². The van der Waals surface area contributed by atoms with Gasteiger partial charge in [0, 0.05) is 30.7 Å². The zero-order valence-corrected chi connectivity index (χ0v) is 20.2. The standard InChI is InChI=1S/C25H27BrN2O2S/c1-19-17-23(26)24(18-20(19)2)31(29,30)28-15-13-27(14-16-28)25(21-9-5-3-6-10-21)22-11-7-4-8-12-22/h3-12,17-18,25H,13-16H2,1-2H3. The van der Waals surface area contributed by atoms with Crippen molar-refractivity contribution in [3.8, 4) is 0 Å². The lowest BCUT2D eigenvalue weighted by Gasteiger charge is -2.39. The van der Waals surface area contributed by atoms with Crippen LogP contribution in [0.2, 0.25) is 0 Å². The van der Waals surface area contributed by atoms with Crippen molar-refractivity contribution in [1.82, 2.24) is 9.21 Å². The van der Waals surface area contributed by atoms with E-state index < -0.39 is 10.0 Å². The fourth-order valence-electron chi connectivity index (χ4n) is 4.18. The summed E-state index contributed by atoms with van der Waals surface area (Å²) in [5.41, 5.74) is 4.50. The van der Waals surface area contributed by atoms with E-state index in [4.69, 9.17) is 0 Å². The van der Waals surface area contributed by atoms with Gasteiger partial charge in [0.2, 0.25) is 10.0 Å². The van der Waals surface area contributed by atoms with E-state index in [-0.39, 0.29) is 6.04 Å². The van der Waals surface area contributed by atoms with E-state index in [1.807, 2.05) is 32.0 Å². The Morgan fingerprint density at radius 3 is 1.77 bits per heavy atom. The largest absolute Gasteiger partial charge is 0.290 e. The van der Waals surface area contributed by atoms with Crippen LogP contribution in [0.1, 0.15) is 28.3 Å². The van der Waals surface area contributed by atoms with Crippen LogP contribution in [0.25, 0.3) is 0 Å². The minimum Gasteiger partial charge on any atom is -0.290 e. The summed E-state index contributed by atoms with van der Waals surface area (Å²) in [6, 6.07) is 24.6. The fraction of sp³-hybridized carbons (Fsp3) is 0.280. The number of rotatable bonds is 5. The zero-order chi connectivity index (χ0) is 22.0. The summed E-state index contributed by atoms with van der Waals surface area (Å²) >= 11 is 3.46. The molecule has 1 heterocycles. The van der Waals surface area contributed by atoms with Crippen LogP contribution >= 0.6 is 15.9 Å². The molecular weight excluding hydrogens is 472 g/mol. The third-order valence-corrected chi connectivity index (χ3v) is 8.89. The normalized spacial score (nSPS) is 16.0. The lowest BCUT2D eigenvalue weighted by atomic mass is 9.96. The van der Waals surface area contributed by atoms with E-state index >= 15 is 0 Å². The maximum absolute atomic E-state index is 13.4. The van der Waals surface area contributed by atoms with Crippen LogP contribution < -0.4 is 0 Å². The Balaban J connectivity index is 1.58. The molecular formula is C25H27BrN2O2S. The first-order valence-corrected chi connectivity index (χ1v) is 12.7. The highest BCUT2D eigenvalue weighted by molar-refractivity contribution is 9.10. The van der Waals surface area contributed by atoms with Crippen LogP contribution in [-0.2, 0) is 10.0 Å². The van der Waals surface area contributed by atoms with Crippen LogP contribution in [0.5, 0.6) is 0 Å². The SMILES string of the molecule is Cc1cc(Br)c(S(=O)(=O)N2CCN(C(c3ccccc3)c3ccccc3)CC2)cc1C. The molecule has 1 saturated heterocycles. The maximum atomic E-state index is 13.4. The lowest BCUT2D eigenvalue weighted by Crippen LogP contribution is -2.49. The summed E-state index contributed by atoms with van der Waals surface area (Å²) in [4.78, 5) is 2.73. The molecule has 4 rings (SSSR count). The van der Waals surface area contributed by atoms with Crippen molar-refractivity contribution < 1.29 is 8.42 Å². The van der Waals surface area contributed by atoms with E-state index in [0.29, 0.717) is 35.5 Å². The molecule has 0 spiro atoms. The van der Waals surface area contributed by atoms with Crippen molar-refractivity contribution in [2.45, 2.75) is 24.8 Å². The average molecular weight is 499 g/mol. The minimum atomic E-state index is -3.55. The van der Waals surface area contributed by atoms with E-state index in [1.54, 1.807) is 10.4 Å². The predicted octanol–water partition coefficient (Wildman–Crippen LogP) is 5.16. The van der Waals surface area contributed by atoms with Gasteiger partial charge in [-0.3, -0.25) is 4.90 Å². The fourth-order valence-corrected chi connectivity index (χ4v) is 6.80. The lowest BCUT2D eigenvalue weighted by molar-refractivity contribution is 0.156. The van der Waals surface area contributed by atoms with Crippen molar-refractivity contribution >= 4 is 26.0 Å². The van der Waals surface area contributed by atoms with Crippen molar-refractivity contribution in [3.05, 3.63) is 99.5 Å². The summed E-state index contributed by atoms with van der Waals surface area (Å²) in [5, 5.41) is 0. The second-order valence-electron chi connectivity index (χ2n) is 8.03. The zero-order valence-electron chi connectivity index (χ0n) is 17.8. The summed E-state index contributed by atoms with van der Waals surface area (Å²) < 4.78 is 29.0. The second-order valence-corrected chi connectivity index (χ2v) is 10.8. The number of hydrogen-bond acceptors (Lipinski definition) is 3. The molecule has 31 heavy (non-hydrogen) atoms. The molecule has 0 amide bonds. The third kappa shape index (κ3) is 4.62. The van der Waals surface area contributed by atoms with Gasteiger partial charge in [-0.15, -0.1) is 0 Å². The van der Waals surface area contributed by atoms with Crippen molar-refractivity contribution in [2.75, 3.05) is 26.2 Å². The Morgan fingerprint density at radius 2 is 1.26 bits per heavy atom. The van der Waals surface area contributed by atoms with Gasteiger partial charge < -0.3 is 0 Å². The van der Waals surface area contributed by atoms with Gasteiger partial charge in [0.05, 0.1) is 10.9 Å². The Kier molecular flexibility index (Phi) is 6.63. The highest BCUT2D eigenvalue weighted by Crippen LogP contribution is 2.32. The van der Waals surface area contributed by atoms with Gasteiger partial charge in [-0.05, 0) is 64.2 Å². The van der Waals surface area contributed by atoms with Gasteiger partial charge in [0.1, 0.15) is 0 Å². The summed E-state index contributed by atoms with van der Waals surface area (Å²) in [6.07, 6.45) is 0. The Morgan fingerprint density at radius 1 is 0.774 bits per heavy atom. The van der Waals surface area contributed by atoms with Gasteiger partial charge in [-0.25, -0.2) is 8.42 Å². The Labute approximate surface area is 193 Å². The molecule has 0 N–H and O–H groups in total. The van der Waals surface area contributed by atoms with Gasteiger partial charge in [0.25, 0.3) is 0 Å². The van der Waals surface area contributed by atoms with Gasteiger partial charge in [0.15, 0.2) is 0 Å². The summed E-state index contributed by atoms with van der Waals surface area (Å²) in [5.74, 6) is 0. The van der Waals surface area contributed by atoms with Crippen LogP contribution in [0, 0.1) is 13.8 Å². The van der Waals surface area contributed by atoms with E-state index in [2.05, 4.69) is 69.4 Å². The van der Waals surface area contributed by atoms with Crippen LogP contribution in [0.15, 0.2) is 82.2 Å².